The third kappa shape index (κ3) is 6.42. The van der Waals surface area contributed by atoms with Crippen LogP contribution in [-0.4, -0.2) is 24.5 Å². The summed E-state index contributed by atoms with van der Waals surface area (Å²) in [7, 11) is 0. The number of hydrogen-bond acceptors (Lipinski definition) is 5. The maximum Gasteiger partial charge on any atom is 0.407 e. The van der Waals surface area contributed by atoms with Crippen LogP contribution in [-0.2, 0) is 11.3 Å². The molecule has 0 heterocycles. The Morgan fingerprint density at radius 3 is 2.67 bits per heavy atom. The van der Waals surface area contributed by atoms with E-state index in [1.54, 1.807) is 20.8 Å². The topological polar surface area (TPSA) is 99.6 Å². The van der Waals surface area contributed by atoms with Gasteiger partial charge in [0.15, 0.2) is 6.23 Å². The van der Waals surface area contributed by atoms with Crippen molar-refractivity contribution in [3.8, 4) is 5.75 Å². The average Bonchev–Trinajstić information content (AvgIpc) is 2.36. The van der Waals surface area contributed by atoms with Crippen LogP contribution < -0.4 is 21.5 Å². The molecule has 21 heavy (non-hydrogen) atoms. The van der Waals surface area contributed by atoms with E-state index in [9.17, 15) is 9.18 Å². The smallest absolute Gasteiger partial charge is 0.407 e. The molecule has 1 atom stereocenters. The molecule has 0 spiro atoms. The summed E-state index contributed by atoms with van der Waals surface area (Å²) >= 11 is 0. The first-order valence-corrected chi connectivity index (χ1v) is 6.59. The highest BCUT2D eigenvalue weighted by molar-refractivity contribution is 5.67. The number of rotatable bonds is 5. The molecule has 7 heteroatoms. The number of hydrogen-bond donors (Lipinski definition) is 3. The molecule has 0 saturated heterocycles. The molecule has 1 aromatic carbocycles. The van der Waals surface area contributed by atoms with Gasteiger partial charge in [-0.3, -0.25) is 5.73 Å². The normalized spacial score (nSPS) is 12.7. The predicted octanol–water partition coefficient (Wildman–Crippen LogP) is 1.47. The molecule has 1 rings (SSSR count). The van der Waals surface area contributed by atoms with Crippen molar-refractivity contribution in [2.45, 2.75) is 39.1 Å². The van der Waals surface area contributed by atoms with Gasteiger partial charge in [0.1, 0.15) is 17.2 Å². The molecule has 1 amide bonds. The van der Waals surface area contributed by atoms with Crippen LogP contribution in [0.2, 0.25) is 0 Å². The molecule has 0 bridgehead atoms. The van der Waals surface area contributed by atoms with Crippen molar-refractivity contribution in [1.29, 1.82) is 0 Å². The van der Waals surface area contributed by atoms with Crippen molar-refractivity contribution < 1.29 is 18.7 Å². The third-order valence-electron chi connectivity index (χ3n) is 2.37. The van der Waals surface area contributed by atoms with Crippen LogP contribution in [0, 0.1) is 5.82 Å². The van der Waals surface area contributed by atoms with Gasteiger partial charge in [-0.25, -0.2) is 9.18 Å². The summed E-state index contributed by atoms with van der Waals surface area (Å²) in [6.07, 6.45) is -1.38. The van der Waals surface area contributed by atoms with Crippen LogP contribution in [0.1, 0.15) is 26.3 Å². The summed E-state index contributed by atoms with van der Waals surface area (Å²) in [5.74, 6) is -0.0133. The Labute approximate surface area is 123 Å². The van der Waals surface area contributed by atoms with Gasteiger partial charge in [0.25, 0.3) is 0 Å². The molecular weight excluding hydrogens is 277 g/mol. The zero-order valence-corrected chi connectivity index (χ0v) is 12.5. The van der Waals surface area contributed by atoms with Gasteiger partial charge in [-0.15, -0.1) is 0 Å². The Balaban J connectivity index is 2.51. The summed E-state index contributed by atoms with van der Waals surface area (Å²) in [5, 5.41) is 2.49. The minimum Gasteiger partial charge on any atom is -0.473 e. The fourth-order valence-corrected chi connectivity index (χ4v) is 1.53. The molecule has 1 aromatic rings. The number of carbonyl (C=O) groups is 1. The summed E-state index contributed by atoms with van der Waals surface area (Å²) < 4.78 is 23.6. The molecule has 5 N–H and O–H groups in total. The molecule has 0 fully saturated rings. The van der Waals surface area contributed by atoms with Crippen LogP contribution in [0.25, 0.3) is 0 Å². The van der Waals surface area contributed by atoms with Crippen molar-refractivity contribution in [2.75, 3.05) is 6.54 Å². The number of carbonyl (C=O) groups excluding carboxylic acids is 1. The van der Waals surface area contributed by atoms with Gasteiger partial charge in [0, 0.05) is 12.1 Å². The molecule has 0 aliphatic carbocycles. The minimum atomic E-state index is -0.798. The molecule has 0 aliphatic heterocycles. The standard InChI is InChI=1S/C14H22FN3O3/c1-14(2,3)21-13(19)18-8-12(17)20-11-5-4-10(15)6-9(11)7-16/h4-6,12H,7-8,16-17H2,1-3H3,(H,18,19)/t12-/m1/s1. The highest BCUT2D eigenvalue weighted by Gasteiger charge is 2.17. The molecule has 0 radical (unpaired) electrons. The molecule has 0 saturated carbocycles. The number of nitrogens with one attached hydrogen (secondary N) is 1. The molecule has 6 nitrogen and oxygen atoms in total. The summed E-state index contributed by atoms with van der Waals surface area (Å²) in [6, 6.07) is 3.98. The van der Waals surface area contributed by atoms with Crippen LogP contribution >= 0.6 is 0 Å². The summed E-state index contributed by atoms with van der Waals surface area (Å²) in [5.41, 5.74) is 11.2. The van der Waals surface area contributed by atoms with Crippen LogP contribution in [0.5, 0.6) is 5.75 Å². The highest BCUT2D eigenvalue weighted by atomic mass is 19.1. The second-order valence-electron chi connectivity index (χ2n) is 5.50. The first-order valence-electron chi connectivity index (χ1n) is 6.59. The van der Waals surface area contributed by atoms with Crippen LogP contribution in [0.4, 0.5) is 9.18 Å². The number of ether oxygens (including phenoxy) is 2. The number of halogens is 1. The van der Waals surface area contributed by atoms with Crippen molar-refractivity contribution in [3.63, 3.8) is 0 Å². The first-order chi connectivity index (χ1) is 9.71. The molecule has 0 aliphatic rings. The number of amides is 1. The molecule has 118 valence electrons. The van der Waals surface area contributed by atoms with Crippen LogP contribution in [0.15, 0.2) is 18.2 Å². The van der Waals surface area contributed by atoms with E-state index in [-0.39, 0.29) is 13.1 Å². The zero-order chi connectivity index (χ0) is 16.0. The quantitative estimate of drug-likeness (QED) is 0.715. The minimum absolute atomic E-state index is 0.0519. The second kappa shape index (κ2) is 7.24. The number of benzene rings is 1. The lowest BCUT2D eigenvalue weighted by molar-refractivity contribution is 0.0502. The Bertz CT molecular complexity index is 489. The Kier molecular flexibility index (Phi) is 5.92. The largest absolute Gasteiger partial charge is 0.473 e. The lowest BCUT2D eigenvalue weighted by atomic mass is 10.2. The van der Waals surface area contributed by atoms with E-state index in [0.717, 1.165) is 0 Å². The Morgan fingerprint density at radius 2 is 2.10 bits per heavy atom. The lowest BCUT2D eigenvalue weighted by Crippen LogP contribution is -2.43. The number of alkyl carbamates (subject to hydrolysis) is 1. The van der Waals surface area contributed by atoms with E-state index in [1.165, 1.54) is 18.2 Å². The average molecular weight is 299 g/mol. The first kappa shape index (κ1) is 17.2. The van der Waals surface area contributed by atoms with E-state index in [4.69, 9.17) is 20.9 Å². The van der Waals surface area contributed by atoms with Crippen LogP contribution in [0.3, 0.4) is 0 Å². The Morgan fingerprint density at radius 1 is 1.43 bits per heavy atom. The third-order valence-corrected chi connectivity index (χ3v) is 2.37. The summed E-state index contributed by atoms with van der Waals surface area (Å²) in [4.78, 5) is 11.5. The van der Waals surface area contributed by atoms with Crippen molar-refractivity contribution in [1.82, 2.24) is 5.32 Å². The van der Waals surface area contributed by atoms with Gasteiger partial charge in [-0.05, 0) is 39.0 Å². The van der Waals surface area contributed by atoms with Gasteiger partial charge in [-0.1, -0.05) is 0 Å². The lowest BCUT2D eigenvalue weighted by Gasteiger charge is -2.21. The van der Waals surface area contributed by atoms with Crippen molar-refractivity contribution >= 4 is 6.09 Å². The SMILES string of the molecule is CC(C)(C)OC(=O)NC[C@H](N)Oc1ccc(F)cc1CN. The maximum absolute atomic E-state index is 13.1. The molecule has 0 aromatic heterocycles. The van der Waals surface area contributed by atoms with E-state index < -0.39 is 23.7 Å². The fraction of sp³-hybridized carbons (Fsp3) is 0.500. The zero-order valence-electron chi connectivity index (χ0n) is 12.5. The van der Waals surface area contributed by atoms with E-state index >= 15 is 0 Å². The summed E-state index contributed by atoms with van der Waals surface area (Å²) in [6.45, 7) is 5.45. The highest BCUT2D eigenvalue weighted by Crippen LogP contribution is 2.19. The van der Waals surface area contributed by atoms with Gasteiger partial charge in [0.2, 0.25) is 0 Å². The maximum atomic E-state index is 13.1. The van der Waals surface area contributed by atoms with Gasteiger partial charge in [0.05, 0.1) is 6.54 Å². The fourth-order valence-electron chi connectivity index (χ4n) is 1.53. The van der Waals surface area contributed by atoms with Gasteiger partial charge < -0.3 is 20.5 Å². The Hall–Kier alpha value is -1.86. The van der Waals surface area contributed by atoms with Crippen molar-refractivity contribution in [3.05, 3.63) is 29.6 Å². The molecular formula is C14H22FN3O3. The number of nitrogens with two attached hydrogens (primary N) is 2. The van der Waals surface area contributed by atoms with E-state index in [2.05, 4.69) is 5.32 Å². The predicted molar refractivity (Wildman–Crippen MR) is 77.1 cm³/mol. The van der Waals surface area contributed by atoms with Crippen molar-refractivity contribution in [2.24, 2.45) is 11.5 Å². The van der Waals surface area contributed by atoms with E-state index in [0.29, 0.717) is 11.3 Å². The van der Waals surface area contributed by atoms with E-state index in [1.807, 2.05) is 0 Å². The molecule has 0 unspecified atom stereocenters. The van der Waals surface area contributed by atoms with Gasteiger partial charge in [-0.2, -0.15) is 0 Å². The second-order valence-corrected chi connectivity index (χ2v) is 5.50. The monoisotopic (exact) mass is 299 g/mol. The van der Waals surface area contributed by atoms with Gasteiger partial charge >= 0.3 is 6.09 Å².